The molecule has 0 atom stereocenters. The Morgan fingerprint density at radius 2 is 2.17 bits per heavy atom. The van der Waals surface area contributed by atoms with Gasteiger partial charge in [0.2, 0.25) is 11.6 Å². The SMILES string of the molecule is C=CCNc1ncnc(NNC(=O)c2cccnc2)c1[N+](=O)[O-]. The number of rotatable bonds is 7. The molecule has 2 aromatic heterocycles. The van der Waals surface area contributed by atoms with Gasteiger partial charge in [0, 0.05) is 18.9 Å². The fraction of sp³-hybridized carbons (Fsp3) is 0.0769. The van der Waals surface area contributed by atoms with Gasteiger partial charge in [-0.05, 0) is 12.1 Å². The van der Waals surface area contributed by atoms with Crippen LogP contribution in [0, 0.1) is 10.1 Å². The topological polar surface area (TPSA) is 135 Å². The molecule has 0 aliphatic heterocycles. The van der Waals surface area contributed by atoms with Crippen molar-refractivity contribution in [2.45, 2.75) is 0 Å². The molecule has 3 N–H and O–H groups in total. The Morgan fingerprint density at radius 1 is 1.39 bits per heavy atom. The molecule has 1 amide bonds. The zero-order valence-electron chi connectivity index (χ0n) is 11.9. The Labute approximate surface area is 130 Å². The summed E-state index contributed by atoms with van der Waals surface area (Å²) in [6.45, 7) is 3.80. The van der Waals surface area contributed by atoms with Crippen LogP contribution in [-0.4, -0.2) is 32.3 Å². The second-order valence-electron chi connectivity index (χ2n) is 4.17. The molecule has 2 heterocycles. The van der Waals surface area contributed by atoms with Gasteiger partial charge in [-0.25, -0.2) is 9.97 Å². The van der Waals surface area contributed by atoms with E-state index in [1.54, 1.807) is 12.1 Å². The van der Waals surface area contributed by atoms with E-state index in [4.69, 9.17) is 0 Å². The molecule has 10 heteroatoms. The van der Waals surface area contributed by atoms with E-state index >= 15 is 0 Å². The number of pyridine rings is 1. The van der Waals surface area contributed by atoms with Crippen LogP contribution in [0.25, 0.3) is 0 Å². The highest BCUT2D eigenvalue weighted by Gasteiger charge is 2.23. The Hall–Kier alpha value is -3.56. The summed E-state index contributed by atoms with van der Waals surface area (Å²) in [4.78, 5) is 33.9. The molecular formula is C13H13N7O3. The molecule has 0 aliphatic carbocycles. The van der Waals surface area contributed by atoms with Crippen LogP contribution in [0.1, 0.15) is 10.4 Å². The Morgan fingerprint density at radius 3 is 2.83 bits per heavy atom. The van der Waals surface area contributed by atoms with Crippen molar-refractivity contribution in [1.29, 1.82) is 0 Å². The summed E-state index contributed by atoms with van der Waals surface area (Å²) in [6, 6.07) is 3.15. The Bertz CT molecular complexity index is 721. The summed E-state index contributed by atoms with van der Waals surface area (Å²) in [6.07, 6.45) is 5.56. The van der Waals surface area contributed by atoms with Crippen LogP contribution >= 0.6 is 0 Å². The molecule has 0 saturated carbocycles. The van der Waals surface area contributed by atoms with Crippen molar-refractivity contribution in [3.63, 3.8) is 0 Å². The third-order valence-electron chi connectivity index (χ3n) is 2.64. The van der Waals surface area contributed by atoms with Crippen LogP contribution in [0.3, 0.4) is 0 Å². The fourth-order valence-electron chi connectivity index (χ4n) is 1.63. The normalized spacial score (nSPS) is 9.74. The first kappa shape index (κ1) is 15.8. The lowest BCUT2D eigenvalue weighted by atomic mass is 10.3. The van der Waals surface area contributed by atoms with Crippen LogP contribution in [0.15, 0.2) is 43.5 Å². The van der Waals surface area contributed by atoms with Crippen molar-refractivity contribution in [3.05, 3.63) is 59.2 Å². The molecular weight excluding hydrogens is 302 g/mol. The molecule has 0 aromatic carbocycles. The Balaban J connectivity index is 2.17. The predicted octanol–water partition coefficient (Wildman–Crippen LogP) is 1.13. The summed E-state index contributed by atoms with van der Waals surface area (Å²) in [5.41, 5.74) is 4.65. The van der Waals surface area contributed by atoms with Crippen molar-refractivity contribution in [2.75, 3.05) is 17.3 Å². The lowest BCUT2D eigenvalue weighted by Gasteiger charge is -2.10. The maximum atomic E-state index is 11.9. The molecule has 0 saturated heterocycles. The van der Waals surface area contributed by atoms with Gasteiger partial charge in [-0.2, -0.15) is 0 Å². The molecule has 0 aliphatic rings. The number of nitrogens with one attached hydrogen (secondary N) is 3. The van der Waals surface area contributed by atoms with E-state index in [0.29, 0.717) is 12.1 Å². The first-order valence-corrected chi connectivity index (χ1v) is 6.44. The number of hydrogen-bond donors (Lipinski definition) is 3. The van der Waals surface area contributed by atoms with Gasteiger partial charge in [0.15, 0.2) is 0 Å². The number of nitro groups is 1. The number of hydrazine groups is 1. The second kappa shape index (κ2) is 7.45. The quantitative estimate of drug-likeness (QED) is 0.393. The van der Waals surface area contributed by atoms with E-state index in [2.05, 4.69) is 37.7 Å². The van der Waals surface area contributed by atoms with Gasteiger partial charge in [0.25, 0.3) is 5.91 Å². The van der Waals surface area contributed by atoms with Crippen molar-refractivity contribution in [2.24, 2.45) is 0 Å². The van der Waals surface area contributed by atoms with Crippen LogP contribution < -0.4 is 16.2 Å². The van der Waals surface area contributed by atoms with Crippen LogP contribution in [0.2, 0.25) is 0 Å². The van der Waals surface area contributed by atoms with Gasteiger partial charge < -0.3 is 5.32 Å². The highest BCUT2D eigenvalue weighted by molar-refractivity contribution is 5.94. The summed E-state index contributed by atoms with van der Waals surface area (Å²) in [5.74, 6) is -0.636. The minimum absolute atomic E-state index is 0.0167. The predicted molar refractivity (Wildman–Crippen MR) is 82.7 cm³/mol. The highest BCUT2D eigenvalue weighted by Crippen LogP contribution is 2.28. The molecule has 0 fully saturated rings. The number of nitrogens with zero attached hydrogens (tertiary/aromatic N) is 4. The van der Waals surface area contributed by atoms with Crippen molar-refractivity contribution in [3.8, 4) is 0 Å². The number of carbonyl (C=O) groups excluding carboxylic acids is 1. The largest absolute Gasteiger partial charge is 0.361 e. The number of amides is 1. The van der Waals surface area contributed by atoms with E-state index in [-0.39, 0.29) is 17.3 Å². The molecule has 10 nitrogen and oxygen atoms in total. The van der Waals surface area contributed by atoms with Crippen molar-refractivity contribution < 1.29 is 9.72 Å². The minimum atomic E-state index is -0.649. The van der Waals surface area contributed by atoms with Gasteiger partial charge >= 0.3 is 5.69 Å². The van der Waals surface area contributed by atoms with Crippen molar-refractivity contribution >= 4 is 23.2 Å². The van der Waals surface area contributed by atoms with E-state index in [1.165, 1.54) is 18.5 Å². The molecule has 0 radical (unpaired) electrons. The first-order chi connectivity index (χ1) is 11.1. The number of carbonyl (C=O) groups is 1. The summed E-state index contributed by atoms with van der Waals surface area (Å²) < 4.78 is 0. The van der Waals surface area contributed by atoms with Crippen LogP contribution in [0.5, 0.6) is 0 Å². The lowest BCUT2D eigenvalue weighted by Crippen LogP contribution is -2.30. The lowest BCUT2D eigenvalue weighted by molar-refractivity contribution is -0.383. The monoisotopic (exact) mass is 315 g/mol. The zero-order valence-corrected chi connectivity index (χ0v) is 11.9. The third kappa shape index (κ3) is 3.97. The smallest absolute Gasteiger partial charge is 0.354 e. The fourth-order valence-corrected chi connectivity index (χ4v) is 1.63. The van der Waals surface area contributed by atoms with Gasteiger partial charge in [0.05, 0.1) is 10.5 Å². The molecule has 0 bridgehead atoms. The van der Waals surface area contributed by atoms with Gasteiger partial charge in [-0.3, -0.25) is 30.7 Å². The number of aromatic nitrogens is 3. The molecule has 118 valence electrons. The molecule has 2 rings (SSSR count). The standard InChI is InChI=1S/C13H13N7O3/c1-2-5-15-11-10(20(22)23)12(17-8-16-11)18-19-13(21)9-4-3-6-14-7-9/h2-4,6-8H,1,5H2,(H,19,21)(H2,15,16,17,18). The van der Waals surface area contributed by atoms with E-state index in [9.17, 15) is 14.9 Å². The maximum absolute atomic E-state index is 11.9. The van der Waals surface area contributed by atoms with Crippen molar-refractivity contribution in [1.82, 2.24) is 20.4 Å². The summed E-state index contributed by atoms with van der Waals surface area (Å²) in [7, 11) is 0. The summed E-state index contributed by atoms with van der Waals surface area (Å²) >= 11 is 0. The minimum Gasteiger partial charge on any atom is -0.361 e. The van der Waals surface area contributed by atoms with Crippen LogP contribution in [0.4, 0.5) is 17.3 Å². The third-order valence-corrected chi connectivity index (χ3v) is 2.64. The Kier molecular flexibility index (Phi) is 5.12. The number of hydrogen-bond acceptors (Lipinski definition) is 8. The zero-order chi connectivity index (χ0) is 16.7. The molecule has 0 spiro atoms. The number of anilines is 2. The second-order valence-corrected chi connectivity index (χ2v) is 4.17. The highest BCUT2D eigenvalue weighted by atomic mass is 16.6. The maximum Gasteiger partial charge on any atom is 0.354 e. The summed E-state index contributed by atoms with van der Waals surface area (Å²) in [5, 5.41) is 13.9. The molecule has 23 heavy (non-hydrogen) atoms. The van der Waals surface area contributed by atoms with Gasteiger partial charge in [0.1, 0.15) is 6.33 Å². The average molecular weight is 315 g/mol. The van der Waals surface area contributed by atoms with Gasteiger partial charge in [-0.1, -0.05) is 6.08 Å². The van der Waals surface area contributed by atoms with E-state index in [0.717, 1.165) is 6.33 Å². The average Bonchev–Trinajstić information content (AvgIpc) is 2.58. The van der Waals surface area contributed by atoms with E-state index < -0.39 is 10.8 Å². The molecule has 0 unspecified atom stereocenters. The van der Waals surface area contributed by atoms with Gasteiger partial charge in [-0.15, -0.1) is 6.58 Å². The first-order valence-electron chi connectivity index (χ1n) is 6.44. The molecule has 2 aromatic rings. The van der Waals surface area contributed by atoms with Crippen LogP contribution in [-0.2, 0) is 0 Å². The van der Waals surface area contributed by atoms with E-state index in [1.807, 2.05) is 0 Å².